The maximum absolute atomic E-state index is 12.8. The van der Waals surface area contributed by atoms with Crippen molar-refractivity contribution in [1.29, 1.82) is 0 Å². The van der Waals surface area contributed by atoms with Crippen LogP contribution in [0.15, 0.2) is 109 Å². The van der Waals surface area contributed by atoms with Crippen molar-refractivity contribution in [3.63, 3.8) is 0 Å². The molecular weight excluding hydrogens is 1120 g/mol. The van der Waals surface area contributed by atoms with Gasteiger partial charge in [-0.2, -0.15) is 27.5 Å². The van der Waals surface area contributed by atoms with E-state index in [4.69, 9.17) is 39.8 Å². The molecule has 0 aliphatic carbocycles. The Hall–Kier alpha value is -1.70. The first-order chi connectivity index (χ1) is 30.0. The monoisotopic (exact) mass is 1150 g/mol. The van der Waals surface area contributed by atoms with Crippen LogP contribution in [0.5, 0.6) is 17.2 Å². The quantitative estimate of drug-likeness (QED) is 0.0198. The summed E-state index contributed by atoms with van der Waals surface area (Å²) in [5, 5.41) is 43.3. The number of nitrogens with zero attached hydrogens (tertiary/aromatic N) is 4. The molecule has 0 aromatic heterocycles. The second-order valence-corrected chi connectivity index (χ2v) is 19.5. The zero-order chi connectivity index (χ0) is 49.1. The molecule has 0 unspecified atom stereocenters. The van der Waals surface area contributed by atoms with Gasteiger partial charge in [0, 0.05) is 51.9 Å². The summed E-state index contributed by atoms with van der Waals surface area (Å²) in [6, 6.07) is 20.3. The SMILES string of the molecule is O=S(=O)([O-])O.O=S(=O)([O-])O.[CH2-]CS(=O)(=O)c1ccc(NC(=O)c2ccc(N=Nc3c(NCS(=O)(=O)[O-])ccc4c(O)c(N=Nc5cc(OC)c(S(=O)(=O)C[CH2-])cc5O)[c-]cc34)cc2)cc1.[Cu].[Na+].[Na+].[Na+].[Na+]. The normalized spacial score (nSPS) is 11.4. The Morgan fingerprint density at radius 3 is 1.73 bits per heavy atom. The van der Waals surface area contributed by atoms with Crippen LogP contribution in [0.25, 0.3) is 10.8 Å². The molecule has 1 radical (unpaired) electrons. The number of hydrogen-bond acceptors (Lipinski definition) is 22. The van der Waals surface area contributed by atoms with Gasteiger partial charge >= 0.3 is 118 Å². The molecule has 0 bridgehead atoms. The van der Waals surface area contributed by atoms with Crippen molar-refractivity contribution in [2.75, 3.05) is 35.1 Å². The van der Waals surface area contributed by atoms with E-state index in [0.29, 0.717) is 5.69 Å². The van der Waals surface area contributed by atoms with Crippen LogP contribution >= 0.6 is 0 Å². The van der Waals surface area contributed by atoms with Gasteiger partial charge in [0.2, 0.25) is 20.8 Å². The fourth-order valence-corrected chi connectivity index (χ4v) is 6.96. The number of fused-ring (bicyclic) bond motifs is 1. The van der Waals surface area contributed by atoms with Gasteiger partial charge in [-0.3, -0.25) is 13.9 Å². The first-order valence-electron chi connectivity index (χ1n) is 17.0. The smallest absolute Gasteiger partial charge is 0.747 e. The fourth-order valence-electron chi connectivity index (χ4n) is 4.88. The van der Waals surface area contributed by atoms with Crippen molar-refractivity contribution in [3.8, 4) is 17.2 Å². The van der Waals surface area contributed by atoms with E-state index in [9.17, 15) is 44.8 Å². The van der Waals surface area contributed by atoms with E-state index in [1.165, 1.54) is 73.8 Å². The molecule has 5 rings (SSSR count). The maximum Gasteiger partial charge on any atom is 1.00 e. The van der Waals surface area contributed by atoms with Crippen LogP contribution in [0.4, 0.5) is 34.1 Å². The summed E-state index contributed by atoms with van der Waals surface area (Å²) < 4.78 is 154. The number of phenolic OH excluding ortho intramolecular Hbond substituents is 2. The largest absolute Gasteiger partial charge is 1.00 e. The number of azo groups is 2. The van der Waals surface area contributed by atoms with Crippen molar-refractivity contribution < 1.29 is 220 Å². The van der Waals surface area contributed by atoms with Crippen LogP contribution in [-0.4, -0.2) is 105 Å². The molecule has 5 aromatic rings. The fraction of sp³-hybridized carbons (Fsp3) is 0.114. The van der Waals surface area contributed by atoms with Crippen LogP contribution in [0, 0.1) is 19.9 Å². The molecule has 0 saturated carbocycles. The van der Waals surface area contributed by atoms with Gasteiger partial charge < -0.3 is 53.1 Å². The van der Waals surface area contributed by atoms with E-state index >= 15 is 0 Å². The predicted molar refractivity (Wildman–Crippen MR) is 226 cm³/mol. The van der Waals surface area contributed by atoms with E-state index in [0.717, 1.165) is 12.1 Å². The number of ether oxygens (including phenoxy) is 1. The number of aromatic hydroxyl groups is 2. The van der Waals surface area contributed by atoms with Crippen molar-refractivity contribution in [2.45, 2.75) is 9.79 Å². The average Bonchev–Trinajstić information content (AvgIpc) is 3.21. The number of methoxy groups -OCH3 is 1. The molecule has 0 spiro atoms. The number of carbonyl (C=O) groups is 1. The Morgan fingerprint density at radius 1 is 0.714 bits per heavy atom. The number of hydrogen-bond donors (Lipinski definition) is 6. The topological polar surface area (TPSA) is 421 Å². The number of sulfone groups is 2. The molecule has 1 amide bonds. The summed E-state index contributed by atoms with van der Waals surface area (Å²) in [7, 11) is -20.7. The summed E-state index contributed by atoms with van der Waals surface area (Å²) in [5.74, 6) is -3.43. The molecule has 363 valence electrons. The summed E-state index contributed by atoms with van der Waals surface area (Å²) in [5.41, 5.74) is 0.479. The van der Waals surface area contributed by atoms with Gasteiger partial charge in [-0.15, -0.1) is 5.11 Å². The maximum atomic E-state index is 12.8. The molecule has 0 fully saturated rings. The molecule has 5 aromatic carbocycles. The Labute approximate surface area is 501 Å². The third-order valence-electron chi connectivity index (χ3n) is 7.75. The van der Waals surface area contributed by atoms with Gasteiger partial charge in [-0.05, 0) is 54.6 Å². The number of benzene rings is 5. The van der Waals surface area contributed by atoms with Crippen LogP contribution < -0.4 is 134 Å². The van der Waals surface area contributed by atoms with Gasteiger partial charge in [0.05, 0.1) is 29.1 Å². The predicted octanol–water partition coefficient (Wildman–Crippen LogP) is -7.70. The van der Waals surface area contributed by atoms with Gasteiger partial charge in [0.15, 0.2) is 19.7 Å². The van der Waals surface area contributed by atoms with Crippen LogP contribution in [0.2, 0.25) is 0 Å². The number of carbonyl (C=O) groups excluding carboxylic acids is 1. The molecule has 70 heavy (non-hydrogen) atoms. The van der Waals surface area contributed by atoms with Crippen LogP contribution in [-0.2, 0) is 67.7 Å². The van der Waals surface area contributed by atoms with Gasteiger partial charge in [-0.1, -0.05) is 28.3 Å². The number of nitrogens with one attached hydrogen (secondary N) is 2. The van der Waals surface area contributed by atoms with E-state index < -0.39 is 79.6 Å². The third-order valence-corrected chi connectivity index (χ3v) is 11.3. The molecule has 35 heteroatoms. The second kappa shape index (κ2) is 31.2. The van der Waals surface area contributed by atoms with Crippen LogP contribution in [0.3, 0.4) is 0 Å². The third kappa shape index (κ3) is 24.1. The van der Waals surface area contributed by atoms with Crippen molar-refractivity contribution >= 4 is 101 Å². The molecule has 0 saturated heterocycles. The first-order valence-corrected chi connectivity index (χ1v) is 24.6. The van der Waals surface area contributed by atoms with E-state index in [2.05, 4.69) is 51.0 Å². The Bertz CT molecular complexity index is 3170. The van der Waals surface area contributed by atoms with Crippen molar-refractivity contribution in [2.24, 2.45) is 20.5 Å². The molecule has 0 aliphatic rings. The van der Waals surface area contributed by atoms with E-state index in [1.807, 2.05) is 0 Å². The van der Waals surface area contributed by atoms with E-state index in [-0.39, 0.29) is 201 Å². The summed E-state index contributed by atoms with van der Waals surface area (Å²) >= 11 is 0. The number of amides is 1. The summed E-state index contributed by atoms with van der Waals surface area (Å²) in [6.45, 7) is 6.78. The van der Waals surface area contributed by atoms with Crippen molar-refractivity contribution in [3.05, 3.63) is 104 Å². The van der Waals surface area contributed by atoms with Gasteiger partial charge in [0.1, 0.15) is 38.1 Å². The Kier molecular flexibility index (Phi) is 32.4. The summed E-state index contributed by atoms with van der Waals surface area (Å²) in [4.78, 5) is 12.6. The van der Waals surface area contributed by atoms with Gasteiger partial charge in [-0.25, -0.2) is 42.1 Å². The summed E-state index contributed by atoms with van der Waals surface area (Å²) in [6.07, 6.45) is 0. The number of rotatable bonds is 14. The first kappa shape index (κ1) is 72.5. The zero-order valence-electron chi connectivity index (χ0n) is 37.1. The molecular formula is C35H32CuN6Na4O19S5-2. The Balaban J connectivity index is -0.00000272. The second-order valence-electron chi connectivity index (χ2n) is 12.2. The van der Waals surface area contributed by atoms with Crippen molar-refractivity contribution in [1.82, 2.24) is 0 Å². The van der Waals surface area contributed by atoms with Gasteiger partial charge in [0.25, 0.3) is 5.91 Å². The standard InChI is InChI=1S/C35H31N6O11S3.Cu.4Na.2H2O4S/c1-4-53(45,46)24-12-10-22(11-13-24)37-35(44)21-6-8-23(9-7-21)38-41-33-25-14-17-28(34(43)26(25)15-16-27(33)36-20-55(49,50)51)39-40-29-18-31(52-3)32(19-30(29)42)54(47,48)5-2;;;;;;2*1-5(2,3)4/h6-16,18-19,36,42-43H,1-2,4-5,20H2,3H3,(H,37,44)(H,49,50,51);;;;;;2*(H2,1,2,3,4)/q-3;;4*+1;;/p-3. The zero-order valence-corrected chi connectivity index (χ0v) is 50.1. The minimum absolute atomic E-state index is 0. The minimum atomic E-state index is -4.92. The minimum Gasteiger partial charge on any atom is -0.747 e. The molecule has 0 atom stereocenters. The average molecular weight is 1160 g/mol. The Morgan fingerprint density at radius 2 is 1.24 bits per heavy atom. The van der Waals surface area contributed by atoms with Crippen LogP contribution in [0.1, 0.15) is 10.4 Å². The molecule has 25 nitrogen and oxygen atoms in total. The number of anilines is 2. The van der Waals surface area contributed by atoms with E-state index in [1.54, 1.807) is 0 Å². The number of phenols is 2. The molecule has 0 heterocycles. The molecule has 6 N–H and O–H groups in total. The molecule has 0 aliphatic heterocycles.